The molecule has 2 atom stereocenters. The number of benzene rings is 1. The van der Waals surface area contributed by atoms with Crippen molar-refractivity contribution in [3.05, 3.63) is 35.9 Å². The molecule has 0 unspecified atom stereocenters. The molecule has 2 fully saturated rings. The number of amides is 1. The Balaban J connectivity index is 1.46. The van der Waals surface area contributed by atoms with Gasteiger partial charge in [-0.05, 0) is 38.1 Å². The van der Waals surface area contributed by atoms with Crippen LogP contribution in [0, 0.1) is 0 Å². The first kappa shape index (κ1) is 22.9. The van der Waals surface area contributed by atoms with Crippen molar-refractivity contribution >= 4 is 34.4 Å². The maximum atomic E-state index is 12.3. The summed E-state index contributed by atoms with van der Waals surface area (Å²) >= 11 is 0. The molecule has 0 aliphatic carbocycles. The maximum Gasteiger partial charge on any atom is 0.253 e. The van der Waals surface area contributed by atoms with Crippen LogP contribution in [0.1, 0.15) is 24.2 Å². The van der Waals surface area contributed by atoms with Crippen LogP contribution in [-0.4, -0.2) is 85.5 Å². The molecule has 3 aliphatic heterocycles. The number of carbonyl (C=O) groups is 1. The molecule has 0 saturated carbocycles. The van der Waals surface area contributed by atoms with Crippen LogP contribution in [0.5, 0.6) is 0 Å². The van der Waals surface area contributed by atoms with Crippen LogP contribution >= 0.6 is 0 Å². The maximum absolute atomic E-state index is 12.3. The lowest BCUT2D eigenvalue weighted by atomic mass is 10.0. The molecule has 188 valence electrons. The van der Waals surface area contributed by atoms with E-state index in [0.717, 1.165) is 41.2 Å². The molecule has 3 aliphatic rings. The standard InChI is InChI=1S/C26H31N7O3/c1-16-14-35-11-9-32(16)24-20-5-6-21(18-3-4-19-22(13-18)27-7-8-28-25(19)34)29-23(20)30-26(31-24)33-10-12-36-15-17(33)2/h3-6,13,16-17,27H,7-12,14-15H2,1-2H3,(H,28,34)/t16-,17-/m0/s1. The molecule has 2 saturated heterocycles. The first-order valence-electron chi connectivity index (χ1n) is 12.6. The molecule has 5 heterocycles. The Morgan fingerprint density at radius 2 is 1.64 bits per heavy atom. The van der Waals surface area contributed by atoms with Gasteiger partial charge in [0.2, 0.25) is 5.95 Å². The summed E-state index contributed by atoms with van der Waals surface area (Å²) in [5.74, 6) is 1.51. The van der Waals surface area contributed by atoms with Gasteiger partial charge in [0.1, 0.15) is 5.82 Å². The Morgan fingerprint density at radius 1 is 0.889 bits per heavy atom. The normalized spacial score (nSPS) is 22.6. The van der Waals surface area contributed by atoms with E-state index in [-0.39, 0.29) is 18.0 Å². The molecule has 2 N–H and O–H groups in total. The molecule has 0 bridgehead atoms. The van der Waals surface area contributed by atoms with Crippen LogP contribution in [0.15, 0.2) is 30.3 Å². The molecular formula is C26H31N7O3. The molecule has 1 amide bonds. The highest BCUT2D eigenvalue weighted by molar-refractivity contribution is 6.01. The topological polar surface area (TPSA) is 105 Å². The van der Waals surface area contributed by atoms with Crippen LogP contribution in [0.3, 0.4) is 0 Å². The Bertz CT molecular complexity index is 1300. The van der Waals surface area contributed by atoms with E-state index in [1.165, 1.54) is 0 Å². The SMILES string of the molecule is C[C@H]1COCCN1c1nc(N2CCOC[C@@H]2C)c2ccc(-c3ccc4c(c3)NCCNC4=O)nc2n1. The molecule has 10 nitrogen and oxygen atoms in total. The summed E-state index contributed by atoms with van der Waals surface area (Å²) in [5.41, 5.74) is 3.85. The average Bonchev–Trinajstić information content (AvgIpc) is 3.09. The van der Waals surface area contributed by atoms with Crippen molar-refractivity contribution in [2.75, 3.05) is 67.7 Å². The number of morpholine rings is 2. The van der Waals surface area contributed by atoms with Gasteiger partial charge in [-0.3, -0.25) is 4.79 Å². The van der Waals surface area contributed by atoms with Crippen LogP contribution in [0.25, 0.3) is 22.3 Å². The summed E-state index contributed by atoms with van der Waals surface area (Å²) in [7, 11) is 0. The third-order valence-corrected chi connectivity index (χ3v) is 7.08. The third kappa shape index (κ3) is 4.20. The number of rotatable bonds is 3. The van der Waals surface area contributed by atoms with Gasteiger partial charge in [0.25, 0.3) is 5.91 Å². The van der Waals surface area contributed by atoms with E-state index >= 15 is 0 Å². The number of anilines is 3. The molecule has 0 radical (unpaired) electrons. The monoisotopic (exact) mass is 489 g/mol. The number of fused-ring (bicyclic) bond motifs is 2. The lowest BCUT2D eigenvalue weighted by Crippen LogP contribution is -2.46. The van der Waals surface area contributed by atoms with Gasteiger partial charge in [-0.1, -0.05) is 6.07 Å². The second kappa shape index (κ2) is 9.51. The van der Waals surface area contributed by atoms with Crippen molar-refractivity contribution in [3.63, 3.8) is 0 Å². The van der Waals surface area contributed by atoms with Gasteiger partial charge in [-0.25, -0.2) is 4.98 Å². The summed E-state index contributed by atoms with van der Waals surface area (Å²) in [6, 6.07) is 10.2. The van der Waals surface area contributed by atoms with E-state index in [0.29, 0.717) is 56.7 Å². The predicted octanol–water partition coefficient (Wildman–Crippen LogP) is 2.30. The lowest BCUT2D eigenvalue weighted by molar-refractivity contribution is 0.0957. The van der Waals surface area contributed by atoms with Gasteiger partial charge >= 0.3 is 0 Å². The summed E-state index contributed by atoms with van der Waals surface area (Å²) in [5, 5.41) is 7.17. The molecule has 10 heteroatoms. The number of pyridine rings is 1. The summed E-state index contributed by atoms with van der Waals surface area (Å²) in [6.07, 6.45) is 0. The summed E-state index contributed by atoms with van der Waals surface area (Å²) < 4.78 is 11.3. The molecule has 1 aromatic carbocycles. The smallest absolute Gasteiger partial charge is 0.253 e. The van der Waals surface area contributed by atoms with Crippen molar-refractivity contribution in [2.45, 2.75) is 25.9 Å². The molecule has 3 aromatic rings. The number of hydrogen-bond acceptors (Lipinski definition) is 9. The predicted molar refractivity (Wildman–Crippen MR) is 139 cm³/mol. The zero-order valence-electron chi connectivity index (χ0n) is 20.7. The van der Waals surface area contributed by atoms with E-state index in [4.69, 9.17) is 24.4 Å². The van der Waals surface area contributed by atoms with Crippen LogP contribution in [-0.2, 0) is 9.47 Å². The third-order valence-electron chi connectivity index (χ3n) is 7.08. The van der Waals surface area contributed by atoms with E-state index in [1.54, 1.807) is 0 Å². The first-order chi connectivity index (χ1) is 17.6. The van der Waals surface area contributed by atoms with Gasteiger partial charge in [-0.15, -0.1) is 0 Å². The molecule has 2 aromatic heterocycles. The summed E-state index contributed by atoms with van der Waals surface area (Å²) in [6.45, 7) is 9.70. The Morgan fingerprint density at radius 3 is 2.42 bits per heavy atom. The van der Waals surface area contributed by atoms with Crippen molar-refractivity contribution in [3.8, 4) is 11.3 Å². The average molecular weight is 490 g/mol. The highest BCUT2D eigenvalue weighted by atomic mass is 16.5. The minimum Gasteiger partial charge on any atom is -0.383 e. The number of aromatic nitrogens is 3. The van der Waals surface area contributed by atoms with Gasteiger partial charge in [0.15, 0.2) is 5.65 Å². The highest BCUT2D eigenvalue weighted by Crippen LogP contribution is 2.32. The zero-order valence-corrected chi connectivity index (χ0v) is 20.7. The van der Waals surface area contributed by atoms with E-state index in [2.05, 4.69) is 40.3 Å². The molecule has 0 spiro atoms. The lowest BCUT2D eigenvalue weighted by Gasteiger charge is -2.37. The van der Waals surface area contributed by atoms with E-state index < -0.39 is 0 Å². The second-order valence-corrected chi connectivity index (χ2v) is 9.59. The zero-order chi connectivity index (χ0) is 24.6. The van der Waals surface area contributed by atoms with Crippen molar-refractivity contribution in [2.24, 2.45) is 0 Å². The fourth-order valence-corrected chi connectivity index (χ4v) is 5.07. The Hall–Kier alpha value is -3.50. The van der Waals surface area contributed by atoms with E-state index in [9.17, 15) is 4.79 Å². The number of ether oxygens (including phenoxy) is 2. The minimum absolute atomic E-state index is 0.0608. The Kier molecular flexibility index (Phi) is 6.06. The first-order valence-corrected chi connectivity index (χ1v) is 12.6. The fourth-order valence-electron chi connectivity index (χ4n) is 5.07. The minimum atomic E-state index is -0.0608. The van der Waals surface area contributed by atoms with Gasteiger partial charge in [-0.2, -0.15) is 9.97 Å². The molecule has 36 heavy (non-hydrogen) atoms. The highest BCUT2D eigenvalue weighted by Gasteiger charge is 2.27. The Labute approximate surface area is 210 Å². The molecule has 6 rings (SSSR count). The van der Waals surface area contributed by atoms with Crippen LogP contribution in [0.2, 0.25) is 0 Å². The number of hydrogen-bond donors (Lipinski definition) is 2. The van der Waals surface area contributed by atoms with Gasteiger partial charge < -0.3 is 29.9 Å². The number of nitrogens with one attached hydrogen (secondary N) is 2. The fraction of sp³-hybridized carbons (Fsp3) is 0.462. The largest absolute Gasteiger partial charge is 0.383 e. The quantitative estimate of drug-likeness (QED) is 0.573. The molecular weight excluding hydrogens is 458 g/mol. The number of nitrogens with zero attached hydrogens (tertiary/aromatic N) is 5. The van der Waals surface area contributed by atoms with E-state index in [1.807, 2.05) is 24.3 Å². The van der Waals surface area contributed by atoms with Crippen molar-refractivity contribution in [1.82, 2.24) is 20.3 Å². The van der Waals surface area contributed by atoms with Crippen LogP contribution in [0.4, 0.5) is 17.5 Å². The van der Waals surface area contributed by atoms with Crippen LogP contribution < -0.4 is 20.4 Å². The van der Waals surface area contributed by atoms with Gasteiger partial charge in [0, 0.05) is 37.4 Å². The van der Waals surface area contributed by atoms with Crippen molar-refractivity contribution in [1.29, 1.82) is 0 Å². The van der Waals surface area contributed by atoms with Gasteiger partial charge in [0.05, 0.1) is 55.2 Å². The second-order valence-electron chi connectivity index (χ2n) is 9.59. The summed E-state index contributed by atoms with van der Waals surface area (Å²) in [4.78, 5) is 31.9. The number of carbonyl (C=O) groups excluding carboxylic acids is 1. The van der Waals surface area contributed by atoms with Crippen molar-refractivity contribution < 1.29 is 14.3 Å².